The Morgan fingerprint density at radius 3 is 2.00 bits per heavy atom. The fourth-order valence-corrected chi connectivity index (χ4v) is 3.85. The van der Waals surface area contributed by atoms with Gasteiger partial charge in [0.1, 0.15) is 0 Å². The molecule has 26 heavy (non-hydrogen) atoms. The Morgan fingerprint density at radius 2 is 1.31 bits per heavy atom. The zero-order chi connectivity index (χ0) is 17.5. The Bertz CT molecular complexity index is 1160. The molecule has 3 aromatic carbocycles. The largest absolute Gasteiger partial charge is 0.389 e. The second-order valence-corrected chi connectivity index (χ2v) is 6.68. The highest BCUT2D eigenvalue weighted by molar-refractivity contribution is 6.07. The van der Waals surface area contributed by atoms with Crippen molar-refractivity contribution in [1.29, 1.82) is 0 Å². The molecule has 0 aliphatic rings. The smallest absolute Gasteiger partial charge is 0.0959 e. The Balaban J connectivity index is 1.52. The van der Waals surface area contributed by atoms with Crippen LogP contribution in [0, 0.1) is 0 Å². The molecule has 4 nitrogen and oxygen atoms in total. The van der Waals surface area contributed by atoms with E-state index in [0.717, 1.165) is 22.1 Å². The highest BCUT2D eigenvalue weighted by Crippen LogP contribution is 2.29. The number of para-hydroxylation sites is 4. The molecule has 0 bridgehead atoms. The van der Waals surface area contributed by atoms with Crippen molar-refractivity contribution < 1.29 is 5.11 Å². The number of hydrogen-bond donors (Lipinski definition) is 1. The number of aromatic nitrogens is 3. The number of hydrogen-bond acceptors (Lipinski definition) is 2. The van der Waals surface area contributed by atoms with Crippen LogP contribution in [0.4, 0.5) is 0 Å². The maximum Gasteiger partial charge on any atom is 0.0959 e. The number of fused-ring (bicyclic) bond motifs is 4. The summed E-state index contributed by atoms with van der Waals surface area (Å²) in [5, 5.41) is 13.3. The molecule has 0 radical (unpaired) electrons. The van der Waals surface area contributed by atoms with Gasteiger partial charge in [-0.15, -0.1) is 0 Å². The lowest BCUT2D eigenvalue weighted by Crippen LogP contribution is -2.21. The lowest BCUT2D eigenvalue weighted by Gasteiger charge is -2.15. The van der Waals surface area contributed by atoms with Crippen LogP contribution < -0.4 is 0 Å². The molecule has 5 rings (SSSR count). The first-order valence-corrected chi connectivity index (χ1v) is 8.85. The van der Waals surface area contributed by atoms with Crippen LogP contribution in [0.1, 0.15) is 0 Å². The van der Waals surface area contributed by atoms with Crippen LogP contribution in [-0.4, -0.2) is 25.3 Å². The van der Waals surface area contributed by atoms with Crippen molar-refractivity contribution in [3.63, 3.8) is 0 Å². The monoisotopic (exact) mass is 341 g/mol. The van der Waals surface area contributed by atoms with E-state index in [1.165, 1.54) is 10.8 Å². The molecule has 0 saturated carbocycles. The van der Waals surface area contributed by atoms with Gasteiger partial charge < -0.3 is 14.2 Å². The summed E-state index contributed by atoms with van der Waals surface area (Å²) in [5.41, 5.74) is 4.32. The lowest BCUT2D eigenvalue weighted by atomic mass is 10.2. The van der Waals surface area contributed by atoms with Crippen molar-refractivity contribution in [3.8, 4) is 0 Å². The van der Waals surface area contributed by atoms with E-state index in [0.29, 0.717) is 13.1 Å². The first kappa shape index (κ1) is 15.2. The van der Waals surface area contributed by atoms with Gasteiger partial charge in [-0.05, 0) is 24.3 Å². The van der Waals surface area contributed by atoms with E-state index in [4.69, 9.17) is 0 Å². The van der Waals surface area contributed by atoms with Crippen molar-refractivity contribution >= 4 is 32.8 Å². The van der Waals surface area contributed by atoms with Gasteiger partial charge in [-0.2, -0.15) is 0 Å². The second kappa shape index (κ2) is 6.00. The molecule has 0 aliphatic heterocycles. The minimum Gasteiger partial charge on any atom is -0.389 e. The van der Waals surface area contributed by atoms with Gasteiger partial charge in [0, 0.05) is 21.8 Å². The third kappa shape index (κ3) is 2.38. The number of aliphatic hydroxyl groups excluding tert-OH is 1. The third-order valence-electron chi connectivity index (χ3n) is 5.01. The molecule has 2 heterocycles. The van der Waals surface area contributed by atoms with E-state index in [-0.39, 0.29) is 0 Å². The van der Waals surface area contributed by atoms with Crippen molar-refractivity contribution in [2.45, 2.75) is 19.2 Å². The quantitative estimate of drug-likeness (QED) is 0.532. The van der Waals surface area contributed by atoms with Gasteiger partial charge in [0.25, 0.3) is 0 Å². The number of nitrogens with zero attached hydrogens (tertiary/aromatic N) is 3. The summed E-state index contributed by atoms with van der Waals surface area (Å²) in [4.78, 5) is 4.41. The summed E-state index contributed by atoms with van der Waals surface area (Å²) < 4.78 is 4.24. The van der Waals surface area contributed by atoms with E-state index >= 15 is 0 Å². The van der Waals surface area contributed by atoms with E-state index < -0.39 is 6.10 Å². The van der Waals surface area contributed by atoms with E-state index in [1.807, 2.05) is 41.0 Å². The van der Waals surface area contributed by atoms with Crippen LogP contribution in [0.15, 0.2) is 79.1 Å². The summed E-state index contributed by atoms with van der Waals surface area (Å²) in [6, 6.07) is 24.8. The van der Waals surface area contributed by atoms with Crippen LogP contribution in [0.3, 0.4) is 0 Å². The van der Waals surface area contributed by atoms with Crippen LogP contribution in [0.5, 0.6) is 0 Å². The molecule has 0 aliphatic carbocycles. The Hall–Kier alpha value is -3.11. The number of rotatable bonds is 4. The molecule has 0 fully saturated rings. The van der Waals surface area contributed by atoms with Crippen molar-refractivity contribution in [3.05, 3.63) is 79.1 Å². The normalized spacial score (nSPS) is 13.0. The fraction of sp³-hybridized carbons (Fsp3) is 0.136. The van der Waals surface area contributed by atoms with E-state index in [9.17, 15) is 5.11 Å². The van der Waals surface area contributed by atoms with Crippen molar-refractivity contribution in [1.82, 2.24) is 14.1 Å². The standard InChI is InChI=1S/C22H19N3O/c26-16(13-24-15-23-19-9-3-6-12-22(19)24)14-25-20-10-4-1-7-17(20)18-8-2-5-11-21(18)25/h1-12,15-16,26H,13-14H2. The molecule has 0 saturated heterocycles. The van der Waals surface area contributed by atoms with Gasteiger partial charge in [-0.3, -0.25) is 0 Å². The number of benzene rings is 3. The fourth-order valence-electron chi connectivity index (χ4n) is 3.85. The third-order valence-corrected chi connectivity index (χ3v) is 5.01. The van der Waals surface area contributed by atoms with Gasteiger partial charge in [-0.25, -0.2) is 4.98 Å². The van der Waals surface area contributed by atoms with Crippen LogP contribution >= 0.6 is 0 Å². The first-order chi connectivity index (χ1) is 12.8. The summed E-state index contributed by atoms with van der Waals surface area (Å²) in [6.07, 6.45) is 1.30. The van der Waals surface area contributed by atoms with Crippen molar-refractivity contribution in [2.24, 2.45) is 0 Å². The van der Waals surface area contributed by atoms with E-state index in [1.54, 1.807) is 6.33 Å². The van der Waals surface area contributed by atoms with E-state index in [2.05, 4.69) is 45.9 Å². The highest BCUT2D eigenvalue weighted by Gasteiger charge is 2.14. The zero-order valence-corrected chi connectivity index (χ0v) is 14.3. The Morgan fingerprint density at radius 1 is 0.731 bits per heavy atom. The molecule has 128 valence electrons. The molecular formula is C22H19N3O. The van der Waals surface area contributed by atoms with Gasteiger partial charge in [0.15, 0.2) is 0 Å². The Kier molecular flexibility index (Phi) is 3.50. The molecule has 2 aromatic heterocycles. The summed E-state index contributed by atoms with van der Waals surface area (Å²) in [6.45, 7) is 1.06. The Labute approximate surface area is 150 Å². The number of imidazole rings is 1. The molecule has 1 N–H and O–H groups in total. The maximum atomic E-state index is 10.8. The minimum atomic E-state index is -0.508. The van der Waals surface area contributed by atoms with Crippen LogP contribution in [-0.2, 0) is 13.1 Å². The predicted molar refractivity (Wildman–Crippen MR) is 105 cm³/mol. The molecular weight excluding hydrogens is 322 g/mol. The molecule has 1 unspecified atom stereocenters. The van der Waals surface area contributed by atoms with Gasteiger partial charge in [0.2, 0.25) is 0 Å². The molecule has 0 amide bonds. The SMILES string of the molecule is OC(Cn1cnc2ccccc21)Cn1c2ccccc2c2ccccc21. The second-order valence-electron chi connectivity index (χ2n) is 6.68. The topological polar surface area (TPSA) is 43.0 Å². The molecule has 4 heteroatoms. The molecule has 5 aromatic rings. The maximum absolute atomic E-state index is 10.8. The predicted octanol–water partition coefficient (Wildman–Crippen LogP) is 4.21. The summed E-state index contributed by atoms with van der Waals surface area (Å²) >= 11 is 0. The zero-order valence-electron chi connectivity index (χ0n) is 14.3. The minimum absolute atomic E-state index is 0.508. The van der Waals surface area contributed by atoms with Gasteiger partial charge in [0.05, 0.1) is 36.6 Å². The average Bonchev–Trinajstić information content (AvgIpc) is 3.22. The lowest BCUT2D eigenvalue weighted by molar-refractivity contribution is 0.138. The summed E-state index contributed by atoms with van der Waals surface area (Å²) in [5.74, 6) is 0. The van der Waals surface area contributed by atoms with Gasteiger partial charge >= 0.3 is 0 Å². The molecule has 1 atom stereocenters. The number of aliphatic hydroxyl groups is 1. The van der Waals surface area contributed by atoms with Crippen LogP contribution in [0.25, 0.3) is 32.8 Å². The molecule has 0 spiro atoms. The summed E-state index contributed by atoms with van der Waals surface area (Å²) in [7, 11) is 0. The average molecular weight is 341 g/mol. The first-order valence-electron chi connectivity index (χ1n) is 8.85. The highest BCUT2D eigenvalue weighted by atomic mass is 16.3. The van der Waals surface area contributed by atoms with Crippen molar-refractivity contribution in [2.75, 3.05) is 0 Å². The van der Waals surface area contributed by atoms with Gasteiger partial charge in [-0.1, -0.05) is 48.5 Å². The van der Waals surface area contributed by atoms with Crippen LogP contribution in [0.2, 0.25) is 0 Å².